The fraction of sp³-hybridized carbons (Fsp3) is 0.571. The summed E-state index contributed by atoms with van der Waals surface area (Å²) in [6, 6.07) is 2.75. The molecule has 1 aliphatic carbocycles. The molecule has 104 valence electrons. The van der Waals surface area contributed by atoms with Crippen molar-refractivity contribution in [3.05, 3.63) is 33.6 Å². The zero-order valence-corrected chi connectivity index (χ0v) is 11.4. The van der Waals surface area contributed by atoms with Crippen molar-refractivity contribution < 1.29 is 9.31 Å². The van der Waals surface area contributed by atoms with E-state index in [9.17, 15) is 14.5 Å². The Morgan fingerprint density at radius 3 is 2.58 bits per heavy atom. The van der Waals surface area contributed by atoms with E-state index in [-0.39, 0.29) is 11.7 Å². The Bertz CT molecular complexity index is 504. The van der Waals surface area contributed by atoms with E-state index in [1.54, 1.807) is 6.92 Å². The summed E-state index contributed by atoms with van der Waals surface area (Å²) in [5.41, 5.74) is 0.663. The summed E-state index contributed by atoms with van der Waals surface area (Å²) in [5.74, 6) is 0.535. The Labute approximate surface area is 112 Å². The van der Waals surface area contributed by atoms with Gasteiger partial charge >= 0.3 is 0 Å². The van der Waals surface area contributed by atoms with Crippen LogP contribution >= 0.6 is 0 Å². The quantitative estimate of drug-likeness (QED) is 0.667. The Kier molecular flexibility index (Phi) is 3.73. The molecule has 1 N–H and O–H groups in total. The van der Waals surface area contributed by atoms with Crippen LogP contribution < -0.4 is 5.32 Å². The maximum Gasteiger partial charge on any atom is 0.295 e. The molecule has 2 rings (SSSR count). The lowest BCUT2D eigenvalue weighted by molar-refractivity contribution is -0.384. The third kappa shape index (κ3) is 2.69. The number of hydrogen-bond acceptors (Lipinski definition) is 3. The minimum absolute atomic E-state index is 0.185. The SMILES string of the molecule is Cc1cc(NC2CCC(C)C2C)c([N+](=O)[O-])cc1F. The highest BCUT2D eigenvalue weighted by molar-refractivity contribution is 5.63. The van der Waals surface area contributed by atoms with Gasteiger partial charge in [-0.1, -0.05) is 13.8 Å². The van der Waals surface area contributed by atoms with E-state index in [2.05, 4.69) is 19.2 Å². The van der Waals surface area contributed by atoms with Crippen LogP contribution in [0.3, 0.4) is 0 Å². The fourth-order valence-electron chi connectivity index (χ4n) is 2.71. The molecule has 0 aliphatic heterocycles. The van der Waals surface area contributed by atoms with Crippen LogP contribution in [0.4, 0.5) is 15.8 Å². The smallest absolute Gasteiger partial charge is 0.295 e. The van der Waals surface area contributed by atoms with Crippen LogP contribution in [-0.2, 0) is 0 Å². The number of benzene rings is 1. The van der Waals surface area contributed by atoms with Gasteiger partial charge in [-0.3, -0.25) is 10.1 Å². The molecule has 1 saturated carbocycles. The first-order chi connectivity index (χ1) is 8.90. The monoisotopic (exact) mass is 266 g/mol. The Balaban J connectivity index is 2.29. The molecule has 0 saturated heterocycles. The van der Waals surface area contributed by atoms with Gasteiger partial charge in [0.05, 0.1) is 11.0 Å². The highest BCUT2D eigenvalue weighted by Gasteiger charge is 2.31. The second kappa shape index (κ2) is 5.15. The van der Waals surface area contributed by atoms with Crippen molar-refractivity contribution in [1.29, 1.82) is 0 Å². The summed E-state index contributed by atoms with van der Waals surface area (Å²) in [6.45, 7) is 5.96. The number of halogens is 1. The van der Waals surface area contributed by atoms with Crippen molar-refractivity contribution in [1.82, 2.24) is 0 Å². The molecule has 0 spiro atoms. The maximum atomic E-state index is 13.4. The normalized spacial score (nSPS) is 26.4. The Morgan fingerprint density at radius 1 is 1.37 bits per heavy atom. The number of nitro benzene ring substituents is 1. The first kappa shape index (κ1) is 13.8. The number of aryl methyl sites for hydroxylation is 1. The van der Waals surface area contributed by atoms with E-state index in [0.29, 0.717) is 23.1 Å². The van der Waals surface area contributed by atoms with Gasteiger partial charge in [-0.2, -0.15) is 0 Å². The molecule has 1 aromatic carbocycles. The lowest BCUT2D eigenvalue weighted by Crippen LogP contribution is -2.24. The predicted molar refractivity (Wildman–Crippen MR) is 72.8 cm³/mol. The van der Waals surface area contributed by atoms with Crippen molar-refractivity contribution in [3.63, 3.8) is 0 Å². The zero-order valence-electron chi connectivity index (χ0n) is 11.4. The Hall–Kier alpha value is -1.65. The van der Waals surface area contributed by atoms with Crippen molar-refractivity contribution in [2.45, 2.75) is 39.7 Å². The van der Waals surface area contributed by atoms with E-state index >= 15 is 0 Å². The lowest BCUT2D eigenvalue weighted by atomic mass is 9.97. The first-order valence-corrected chi connectivity index (χ1v) is 6.61. The summed E-state index contributed by atoms with van der Waals surface area (Å²) in [4.78, 5) is 10.5. The molecule has 0 bridgehead atoms. The van der Waals surface area contributed by atoms with Gasteiger partial charge in [0.25, 0.3) is 5.69 Å². The van der Waals surface area contributed by atoms with E-state index in [4.69, 9.17) is 0 Å². The highest BCUT2D eigenvalue weighted by atomic mass is 19.1. The molecule has 19 heavy (non-hydrogen) atoms. The summed E-state index contributed by atoms with van der Waals surface area (Å²) in [5, 5.41) is 14.2. The van der Waals surface area contributed by atoms with E-state index in [1.807, 2.05) is 0 Å². The summed E-state index contributed by atoms with van der Waals surface area (Å²) in [7, 11) is 0. The standard InChI is InChI=1S/C14H19FN2O2/c1-8-4-5-12(10(8)3)16-13-6-9(2)11(15)7-14(13)17(18)19/h6-8,10,12,16H,4-5H2,1-3H3. The second-order valence-corrected chi connectivity index (χ2v) is 5.54. The van der Waals surface area contributed by atoms with Gasteiger partial charge in [0.1, 0.15) is 11.5 Å². The lowest BCUT2D eigenvalue weighted by Gasteiger charge is -2.21. The summed E-state index contributed by atoms with van der Waals surface area (Å²) < 4.78 is 13.4. The van der Waals surface area contributed by atoms with Crippen LogP contribution in [0.25, 0.3) is 0 Å². The topological polar surface area (TPSA) is 55.2 Å². The highest BCUT2D eigenvalue weighted by Crippen LogP contribution is 2.36. The van der Waals surface area contributed by atoms with Crippen LogP contribution in [0.5, 0.6) is 0 Å². The molecule has 5 heteroatoms. The van der Waals surface area contributed by atoms with Crippen molar-refractivity contribution >= 4 is 11.4 Å². The molecule has 4 nitrogen and oxygen atoms in total. The third-order valence-electron chi connectivity index (χ3n) is 4.28. The first-order valence-electron chi connectivity index (χ1n) is 6.61. The van der Waals surface area contributed by atoms with E-state index in [0.717, 1.165) is 18.9 Å². The van der Waals surface area contributed by atoms with Gasteiger partial charge in [0, 0.05) is 6.04 Å². The molecule has 0 amide bonds. The van der Waals surface area contributed by atoms with Gasteiger partial charge in [-0.15, -0.1) is 0 Å². The van der Waals surface area contributed by atoms with Crippen LogP contribution in [-0.4, -0.2) is 11.0 Å². The minimum Gasteiger partial charge on any atom is -0.376 e. The van der Waals surface area contributed by atoms with Gasteiger partial charge in [-0.25, -0.2) is 4.39 Å². The van der Waals surface area contributed by atoms with Crippen molar-refractivity contribution in [3.8, 4) is 0 Å². The number of nitrogens with one attached hydrogen (secondary N) is 1. The summed E-state index contributed by atoms with van der Waals surface area (Å²) in [6.07, 6.45) is 2.11. The van der Waals surface area contributed by atoms with Crippen molar-refractivity contribution in [2.24, 2.45) is 11.8 Å². The molecule has 1 aliphatic rings. The van der Waals surface area contributed by atoms with Gasteiger partial charge in [-0.05, 0) is 43.2 Å². The average molecular weight is 266 g/mol. The number of nitrogens with zero attached hydrogens (tertiary/aromatic N) is 1. The molecule has 1 aromatic rings. The molecular formula is C14H19FN2O2. The molecular weight excluding hydrogens is 247 g/mol. The predicted octanol–water partition coefficient (Wildman–Crippen LogP) is 3.89. The average Bonchev–Trinajstić information content (AvgIpc) is 2.65. The van der Waals surface area contributed by atoms with Crippen LogP contribution in [0, 0.1) is 34.7 Å². The van der Waals surface area contributed by atoms with E-state index in [1.165, 1.54) is 6.07 Å². The van der Waals surface area contributed by atoms with Gasteiger partial charge in [0.2, 0.25) is 0 Å². The minimum atomic E-state index is -0.537. The fourth-order valence-corrected chi connectivity index (χ4v) is 2.71. The largest absolute Gasteiger partial charge is 0.376 e. The van der Waals surface area contributed by atoms with E-state index < -0.39 is 10.7 Å². The zero-order chi connectivity index (χ0) is 14.2. The number of nitro groups is 1. The van der Waals surface area contributed by atoms with Gasteiger partial charge in [0.15, 0.2) is 0 Å². The van der Waals surface area contributed by atoms with Crippen LogP contribution in [0.1, 0.15) is 32.3 Å². The molecule has 1 fully saturated rings. The Morgan fingerprint density at radius 2 is 2.05 bits per heavy atom. The van der Waals surface area contributed by atoms with Gasteiger partial charge < -0.3 is 5.32 Å². The third-order valence-corrected chi connectivity index (χ3v) is 4.28. The molecule has 0 aromatic heterocycles. The number of anilines is 1. The molecule has 3 atom stereocenters. The maximum absolute atomic E-state index is 13.4. The number of rotatable bonds is 3. The molecule has 0 heterocycles. The van der Waals surface area contributed by atoms with Crippen LogP contribution in [0.2, 0.25) is 0 Å². The van der Waals surface area contributed by atoms with Crippen LogP contribution in [0.15, 0.2) is 12.1 Å². The summed E-state index contributed by atoms with van der Waals surface area (Å²) >= 11 is 0. The molecule has 3 unspecified atom stereocenters. The number of hydrogen-bond donors (Lipinski definition) is 1. The van der Waals surface area contributed by atoms with Crippen molar-refractivity contribution in [2.75, 3.05) is 5.32 Å². The molecule has 0 radical (unpaired) electrons. The second-order valence-electron chi connectivity index (χ2n) is 5.54.